The lowest BCUT2D eigenvalue weighted by Gasteiger charge is -1.92. The van der Waals surface area contributed by atoms with Gasteiger partial charge in [0.2, 0.25) is 0 Å². The van der Waals surface area contributed by atoms with Crippen molar-refractivity contribution in [3.05, 3.63) is 81.6 Å². The molecule has 28 heavy (non-hydrogen) atoms. The number of amides is 4. The maximum Gasteiger partial charge on any atom is 0.290 e. The van der Waals surface area contributed by atoms with Gasteiger partial charge in [-0.1, -0.05) is 60.7 Å². The molecule has 2 fully saturated rings. The average Bonchev–Trinajstić information content (AvgIpc) is 3.17. The smallest absolute Gasteiger partial charge is 0.282 e. The van der Waals surface area contributed by atoms with Crippen LogP contribution in [0.25, 0.3) is 12.2 Å². The van der Waals surface area contributed by atoms with Gasteiger partial charge < -0.3 is 0 Å². The molecule has 2 heterocycles. The maximum atomic E-state index is 11.2. The lowest BCUT2D eigenvalue weighted by atomic mass is 10.2. The predicted molar refractivity (Wildman–Crippen MR) is 111 cm³/mol. The second-order valence-corrected chi connectivity index (χ2v) is 7.56. The molecule has 2 aromatic rings. The lowest BCUT2D eigenvalue weighted by molar-refractivity contribution is -0.116. The normalized spacial score (nSPS) is 18.7. The Morgan fingerprint density at radius 2 is 0.929 bits per heavy atom. The molecule has 0 atom stereocenters. The molecular weight excluding hydrogens is 396 g/mol. The van der Waals surface area contributed by atoms with E-state index in [2.05, 4.69) is 10.6 Å². The van der Waals surface area contributed by atoms with Gasteiger partial charge in [-0.25, -0.2) is 0 Å². The van der Waals surface area contributed by atoms with E-state index in [1.54, 1.807) is 12.2 Å². The van der Waals surface area contributed by atoms with Crippen LogP contribution in [0.2, 0.25) is 0 Å². The minimum absolute atomic E-state index is 0.308. The van der Waals surface area contributed by atoms with Crippen molar-refractivity contribution in [1.82, 2.24) is 10.6 Å². The van der Waals surface area contributed by atoms with E-state index in [0.29, 0.717) is 9.81 Å². The van der Waals surface area contributed by atoms with Crippen molar-refractivity contribution in [2.75, 3.05) is 0 Å². The largest absolute Gasteiger partial charge is 0.290 e. The van der Waals surface area contributed by atoms with E-state index >= 15 is 0 Å². The van der Waals surface area contributed by atoms with Crippen molar-refractivity contribution in [2.24, 2.45) is 0 Å². The molecule has 0 saturated carbocycles. The molecule has 8 heteroatoms. The zero-order valence-corrected chi connectivity index (χ0v) is 16.0. The van der Waals surface area contributed by atoms with E-state index < -0.39 is 0 Å². The molecule has 4 amide bonds. The van der Waals surface area contributed by atoms with Crippen LogP contribution in [0.15, 0.2) is 70.5 Å². The highest BCUT2D eigenvalue weighted by atomic mass is 32.2. The summed E-state index contributed by atoms with van der Waals surface area (Å²) in [5.74, 6) is -0.632. The summed E-state index contributed by atoms with van der Waals surface area (Å²) in [6.45, 7) is 0. The fourth-order valence-corrected chi connectivity index (χ4v) is 3.61. The number of thioether (sulfide) groups is 2. The van der Waals surface area contributed by atoms with Crippen LogP contribution in [0.5, 0.6) is 0 Å². The first-order valence-corrected chi connectivity index (χ1v) is 9.74. The van der Waals surface area contributed by atoms with E-state index in [1.807, 2.05) is 60.7 Å². The van der Waals surface area contributed by atoms with Crippen molar-refractivity contribution in [3.63, 3.8) is 0 Å². The van der Waals surface area contributed by atoms with Crippen LogP contribution in [0.3, 0.4) is 0 Å². The summed E-state index contributed by atoms with van der Waals surface area (Å²) in [7, 11) is 0. The Morgan fingerprint density at radius 1 is 0.571 bits per heavy atom. The molecule has 2 N–H and O–H groups in total. The number of imide groups is 2. The Labute approximate surface area is 169 Å². The summed E-state index contributed by atoms with van der Waals surface area (Å²) in [6, 6.07) is 18.8. The van der Waals surface area contributed by atoms with E-state index in [9.17, 15) is 19.2 Å². The summed E-state index contributed by atoms with van der Waals surface area (Å²) < 4.78 is 0. The molecule has 0 spiro atoms. The first kappa shape index (κ1) is 19.7. The summed E-state index contributed by atoms with van der Waals surface area (Å²) in [5, 5.41) is 3.79. The topological polar surface area (TPSA) is 92.3 Å². The highest BCUT2D eigenvalue weighted by Crippen LogP contribution is 2.26. The van der Waals surface area contributed by atoms with Crippen molar-refractivity contribution < 1.29 is 19.2 Å². The number of rotatable bonds is 2. The summed E-state index contributed by atoms with van der Waals surface area (Å²) >= 11 is 1.86. The number of nitrogens with one attached hydrogen (secondary N) is 2. The summed E-state index contributed by atoms with van der Waals surface area (Å²) in [5.41, 5.74) is 1.83. The highest BCUT2D eigenvalue weighted by molar-refractivity contribution is 8.18. The van der Waals surface area contributed by atoms with Gasteiger partial charge in [-0.05, 0) is 46.8 Å². The van der Waals surface area contributed by atoms with Crippen molar-refractivity contribution in [1.29, 1.82) is 0 Å². The third-order valence-electron chi connectivity index (χ3n) is 3.48. The van der Waals surface area contributed by atoms with Crippen LogP contribution in [0, 0.1) is 0 Å². The van der Waals surface area contributed by atoms with Gasteiger partial charge in [0.25, 0.3) is 22.3 Å². The van der Waals surface area contributed by atoms with Crippen LogP contribution in [-0.2, 0) is 9.59 Å². The first-order chi connectivity index (χ1) is 13.5. The average molecular weight is 410 g/mol. The molecule has 6 nitrogen and oxygen atoms in total. The van der Waals surface area contributed by atoms with E-state index in [-0.39, 0.29) is 22.3 Å². The molecule has 0 radical (unpaired) electrons. The highest BCUT2D eigenvalue weighted by Gasteiger charge is 2.25. The van der Waals surface area contributed by atoms with Crippen LogP contribution in [0.1, 0.15) is 11.1 Å². The number of hydrogen-bond donors (Lipinski definition) is 2. The van der Waals surface area contributed by atoms with Crippen LogP contribution < -0.4 is 10.6 Å². The molecule has 2 saturated heterocycles. The van der Waals surface area contributed by atoms with Crippen LogP contribution in [0.4, 0.5) is 9.59 Å². The van der Waals surface area contributed by atoms with Gasteiger partial charge >= 0.3 is 0 Å². The van der Waals surface area contributed by atoms with Crippen molar-refractivity contribution in [3.8, 4) is 0 Å². The molecule has 2 aromatic carbocycles. The number of carbonyl (C=O) groups excluding carboxylic acids is 4. The number of carbonyl (C=O) groups is 4. The molecule has 0 aromatic heterocycles. The maximum absolute atomic E-state index is 11.2. The molecule has 140 valence electrons. The molecule has 4 rings (SSSR count). The SMILES string of the molecule is O=C1NC(=O)C(=Cc2ccccc2)S1.O=C1NC(=O)C(=Cc2ccccc2)S1. The van der Waals surface area contributed by atoms with Gasteiger partial charge in [0.05, 0.1) is 9.81 Å². The van der Waals surface area contributed by atoms with Crippen molar-refractivity contribution >= 4 is 58.0 Å². The molecule has 0 bridgehead atoms. The Kier molecular flexibility index (Phi) is 6.46. The number of hydrogen-bond acceptors (Lipinski definition) is 6. The second kappa shape index (κ2) is 9.20. The van der Waals surface area contributed by atoms with E-state index in [1.165, 1.54) is 0 Å². The lowest BCUT2D eigenvalue weighted by Crippen LogP contribution is -2.17. The minimum atomic E-state index is -0.316. The van der Waals surface area contributed by atoms with Crippen LogP contribution in [-0.4, -0.2) is 22.3 Å². The fraction of sp³-hybridized carbons (Fsp3) is 0. The summed E-state index contributed by atoms with van der Waals surface area (Å²) in [6.07, 6.45) is 3.40. The Balaban J connectivity index is 0.000000161. The summed E-state index contributed by atoms with van der Waals surface area (Å²) in [4.78, 5) is 44.9. The van der Waals surface area contributed by atoms with E-state index in [0.717, 1.165) is 34.7 Å². The Hall–Kier alpha value is -3.10. The van der Waals surface area contributed by atoms with Gasteiger partial charge in [0.1, 0.15) is 0 Å². The van der Waals surface area contributed by atoms with Crippen molar-refractivity contribution in [2.45, 2.75) is 0 Å². The third kappa shape index (κ3) is 5.45. The van der Waals surface area contributed by atoms with Gasteiger partial charge in [-0.15, -0.1) is 0 Å². The fourth-order valence-electron chi connectivity index (χ4n) is 2.24. The predicted octanol–water partition coefficient (Wildman–Crippen LogP) is 4.02. The molecule has 0 unspecified atom stereocenters. The molecule has 2 aliphatic rings. The molecular formula is C20H14N2O4S2. The van der Waals surface area contributed by atoms with Gasteiger partial charge in [-0.3, -0.25) is 29.8 Å². The molecule has 2 aliphatic heterocycles. The zero-order valence-electron chi connectivity index (χ0n) is 14.4. The van der Waals surface area contributed by atoms with Gasteiger partial charge in [0.15, 0.2) is 0 Å². The monoisotopic (exact) mass is 410 g/mol. The van der Waals surface area contributed by atoms with Crippen LogP contribution >= 0.6 is 23.5 Å². The standard InChI is InChI=1S/2C10H7NO2S/c2*12-9-8(14-10(13)11-9)6-7-4-2-1-3-5-7/h2*1-6H,(H,11,12,13). The molecule has 0 aliphatic carbocycles. The number of benzene rings is 2. The van der Waals surface area contributed by atoms with E-state index in [4.69, 9.17) is 0 Å². The minimum Gasteiger partial charge on any atom is -0.282 e. The van der Waals surface area contributed by atoms with Gasteiger partial charge in [0, 0.05) is 0 Å². The van der Waals surface area contributed by atoms with Gasteiger partial charge in [-0.2, -0.15) is 0 Å². The Morgan fingerprint density at radius 3 is 1.21 bits per heavy atom. The first-order valence-electron chi connectivity index (χ1n) is 8.11. The third-order valence-corrected chi connectivity index (χ3v) is 5.10. The zero-order chi connectivity index (χ0) is 19.9. The Bertz CT molecular complexity index is 904. The second-order valence-electron chi connectivity index (χ2n) is 5.53. The quantitative estimate of drug-likeness (QED) is 0.727.